The summed E-state index contributed by atoms with van der Waals surface area (Å²) in [4.78, 5) is 34.6. The Morgan fingerprint density at radius 3 is 2.47 bits per heavy atom. The Morgan fingerprint density at radius 2 is 1.79 bits per heavy atom. The second kappa shape index (κ2) is 3.63. The Hall–Kier alpha value is -2.73. The van der Waals surface area contributed by atoms with Crippen molar-refractivity contribution in [2.45, 2.75) is 0 Å². The van der Waals surface area contributed by atoms with Crippen LogP contribution in [0.3, 0.4) is 0 Å². The molecule has 0 saturated heterocycles. The van der Waals surface area contributed by atoms with Crippen LogP contribution < -0.4 is 0 Å². The van der Waals surface area contributed by atoms with Crippen LogP contribution in [-0.2, 0) is 0 Å². The van der Waals surface area contributed by atoms with Crippen molar-refractivity contribution in [3.05, 3.63) is 41.0 Å². The minimum atomic E-state index is -0.929. The first-order chi connectivity index (χ1) is 9.06. The lowest BCUT2D eigenvalue weighted by atomic mass is 9.92. The number of benzene rings is 2. The van der Waals surface area contributed by atoms with Gasteiger partial charge in [0.1, 0.15) is 5.75 Å². The molecule has 0 saturated carbocycles. The average molecular weight is 257 g/mol. The third-order valence-electron chi connectivity index (χ3n) is 3.14. The highest BCUT2D eigenvalue weighted by Gasteiger charge is 2.33. The van der Waals surface area contributed by atoms with Crippen LogP contribution in [0.25, 0.3) is 10.8 Å². The van der Waals surface area contributed by atoms with E-state index in [1.165, 1.54) is 18.2 Å². The van der Waals surface area contributed by atoms with E-state index in [2.05, 4.69) is 0 Å². The first-order valence-electron chi connectivity index (χ1n) is 5.37. The molecule has 2 amide bonds. The fourth-order valence-corrected chi connectivity index (χ4v) is 2.28. The van der Waals surface area contributed by atoms with Gasteiger partial charge in [-0.2, -0.15) is 0 Å². The second-order valence-electron chi connectivity index (χ2n) is 4.13. The number of rotatable bonds is 1. The van der Waals surface area contributed by atoms with Gasteiger partial charge in [0.2, 0.25) is 0 Å². The van der Waals surface area contributed by atoms with Gasteiger partial charge in [0, 0.05) is 5.39 Å². The van der Waals surface area contributed by atoms with Crippen LogP contribution in [0.4, 0.5) is 0 Å². The second-order valence-corrected chi connectivity index (χ2v) is 4.13. The van der Waals surface area contributed by atoms with Crippen LogP contribution in [-0.4, -0.2) is 33.5 Å². The number of aromatic hydroxyl groups is 1. The molecule has 1 aliphatic heterocycles. The molecule has 2 N–H and O–H groups in total. The van der Waals surface area contributed by atoms with E-state index in [1.807, 2.05) is 0 Å². The van der Waals surface area contributed by atoms with Crippen LogP contribution in [0.5, 0.6) is 5.75 Å². The first-order valence-corrected chi connectivity index (χ1v) is 5.37. The van der Waals surface area contributed by atoms with Crippen LogP contribution in [0.1, 0.15) is 31.1 Å². The summed E-state index contributed by atoms with van der Waals surface area (Å²) in [7, 11) is 0. The SMILES string of the molecule is O=Cc1c(O)cc2c3c(cccc13)C(=O)N(O)C2=O. The van der Waals surface area contributed by atoms with Crippen molar-refractivity contribution < 1.29 is 24.7 Å². The number of hydrogen-bond acceptors (Lipinski definition) is 5. The lowest BCUT2D eigenvalue weighted by molar-refractivity contribution is -0.0377. The summed E-state index contributed by atoms with van der Waals surface area (Å²) in [6.45, 7) is 0. The molecule has 1 heterocycles. The monoisotopic (exact) mass is 257 g/mol. The number of hydroxylamine groups is 2. The van der Waals surface area contributed by atoms with Crippen molar-refractivity contribution in [3.63, 3.8) is 0 Å². The highest BCUT2D eigenvalue weighted by Crippen LogP contribution is 2.35. The van der Waals surface area contributed by atoms with Gasteiger partial charge in [0.25, 0.3) is 11.8 Å². The Labute approximate surface area is 106 Å². The van der Waals surface area contributed by atoms with Gasteiger partial charge < -0.3 is 5.11 Å². The third kappa shape index (κ3) is 1.31. The predicted octanol–water partition coefficient (Wildman–Crippen LogP) is 1.34. The number of phenolic OH excluding ortho intramolecular Hbond substituents is 1. The zero-order valence-corrected chi connectivity index (χ0v) is 9.45. The number of carbonyl (C=O) groups is 3. The largest absolute Gasteiger partial charge is 0.507 e. The topological polar surface area (TPSA) is 94.9 Å². The minimum Gasteiger partial charge on any atom is -0.507 e. The number of aldehydes is 1. The molecule has 0 spiro atoms. The van der Waals surface area contributed by atoms with Crippen molar-refractivity contribution in [1.29, 1.82) is 0 Å². The lowest BCUT2D eigenvalue weighted by Gasteiger charge is -2.22. The van der Waals surface area contributed by atoms with Gasteiger partial charge in [-0.15, -0.1) is 5.06 Å². The lowest BCUT2D eigenvalue weighted by Crippen LogP contribution is -2.37. The summed E-state index contributed by atoms with van der Waals surface area (Å²) >= 11 is 0. The molecular weight excluding hydrogens is 250 g/mol. The van der Waals surface area contributed by atoms with Gasteiger partial charge in [-0.3, -0.25) is 19.6 Å². The van der Waals surface area contributed by atoms with Crippen LogP contribution >= 0.6 is 0 Å². The maximum atomic E-state index is 11.8. The fourth-order valence-electron chi connectivity index (χ4n) is 2.28. The Balaban J connectivity index is 2.57. The van der Waals surface area contributed by atoms with Gasteiger partial charge in [0.15, 0.2) is 6.29 Å². The average Bonchev–Trinajstić information content (AvgIpc) is 2.42. The van der Waals surface area contributed by atoms with Crippen molar-refractivity contribution >= 4 is 28.9 Å². The molecule has 2 aromatic rings. The van der Waals surface area contributed by atoms with Crippen molar-refractivity contribution in [2.75, 3.05) is 0 Å². The van der Waals surface area contributed by atoms with Crippen molar-refractivity contribution in [2.24, 2.45) is 0 Å². The van der Waals surface area contributed by atoms with Gasteiger partial charge >= 0.3 is 0 Å². The Kier molecular flexibility index (Phi) is 2.17. The highest BCUT2D eigenvalue weighted by atomic mass is 16.5. The molecule has 0 aliphatic carbocycles. The molecule has 6 nitrogen and oxygen atoms in total. The number of hydrogen-bond donors (Lipinski definition) is 2. The normalized spacial score (nSPS) is 14.1. The summed E-state index contributed by atoms with van der Waals surface area (Å²) in [6.07, 6.45) is 0.457. The molecule has 3 rings (SSSR count). The van der Waals surface area contributed by atoms with Crippen LogP contribution in [0.15, 0.2) is 24.3 Å². The van der Waals surface area contributed by atoms with E-state index in [9.17, 15) is 24.7 Å². The zero-order chi connectivity index (χ0) is 13.7. The molecule has 0 radical (unpaired) electrons. The van der Waals surface area contributed by atoms with Crippen LogP contribution in [0, 0.1) is 0 Å². The number of carbonyl (C=O) groups excluding carboxylic acids is 3. The summed E-state index contributed by atoms with van der Waals surface area (Å²) < 4.78 is 0. The minimum absolute atomic E-state index is 0.00285. The molecule has 1 aliphatic rings. The quantitative estimate of drug-likeness (QED) is 0.456. The van der Waals surface area contributed by atoms with E-state index in [-0.39, 0.29) is 32.9 Å². The van der Waals surface area contributed by atoms with Crippen molar-refractivity contribution in [1.82, 2.24) is 5.06 Å². The number of nitrogens with zero attached hydrogens (tertiary/aromatic N) is 1. The number of imide groups is 1. The third-order valence-corrected chi connectivity index (χ3v) is 3.14. The molecule has 0 atom stereocenters. The first kappa shape index (κ1) is 11.4. The van der Waals surface area contributed by atoms with Gasteiger partial charge in [0.05, 0.1) is 16.7 Å². The summed E-state index contributed by atoms with van der Waals surface area (Å²) in [5.74, 6) is -2.15. The standard InChI is InChI=1S/C13H7NO5/c15-5-9-6-2-1-3-7-11(6)8(4-10(9)16)13(18)14(19)12(7)17/h1-5,16,19H. The van der Waals surface area contributed by atoms with E-state index in [4.69, 9.17) is 0 Å². The van der Waals surface area contributed by atoms with Gasteiger partial charge in [-0.25, -0.2) is 0 Å². The summed E-state index contributed by atoms with van der Waals surface area (Å²) in [6, 6.07) is 5.55. The van der Waals surface area contributed by atoms with E-state index < -0.39 is 11.8 Å². The van der Waals surface area contributed by atoms with E-state index >= 15 is 0 Å². The number of amides is 2. The smallest absolute Gasteiger partial charge is 0.285 e. The molecule has 0 unspecified atom stereocenters. The van der Waals surface area contributed by atoms with Gasteiger partial charge in [-0.1, -0.05) is 12.1 Å². The molecular formula is C13H7NO5. The maximum Gasteiger partial charge on any atom is 0.285 e. The molecule has 0 fully saturated rings. The zero-order valence-electron chi connectivity index (χ0n) is 9.45. The highest BCUT2D eigenvalue weighted by molar-refractivity contribution is 6.26. The maximum absolute atomic E-state index is 11.8. The number of phenols is 1. The van der Waals surface area contributed by atoms with Crippen molar-refractivity contribution in [3.8, 4) is 5.75 Å². The molecule has 19 heavy (non-hydrogen) atoms. The van der Waals surface area contributed by atoms with E-state index in [0.29, 0.717) is 11.7 Å². The van der Waals surface area contributed by atoms with Gasteiger partial charge in [-0.05, 0) is 17.5 Å². The summed E-state index contributed by atoms with van der Waals surface area (Å²) in [5.41, 5.74) is 0.0982. The molecule has 6 heteroatoms. The summed E-state index contributed by atoms with van der Waals surface area (Å²) in [5, 5.41) is 19.7. The fraction of sp³-hybridized carbons (Fsp3) is 0. The molecule has 0 aromatic heterocycles. The molecule has 0 bridgehead atoms. The molecule has 2 aromatic carbocycles. The van der Waals surface area contributed by atoms with E-state index in [1.54, 1.807) is 0 Å². The predicted molar refractivity (Wildman–Crippen MR) is 63.3 cm³/mol. The van der Waals surface area contributed by atoms with Crippen LogP contribution in [0.2, 0.25) is 0 Å². The Bertz CT molecular complexity index is 765. The molecule has 94 valence electrons. The van der Waals surface area contributed by atoms with E-state index in [0.717, 1.165) is 6.07 Å². The Morgan fingerprint density at radius 1 is 1.11 bits per heavy atom.